The molecular weight excluding hydrogens is 251 g/mol. The highest BCUT2D eigenvalue weighted by Gasteiger charge is 2.07. The zero-order chi connectivity index (χ0) is 13.7. The molecule has 100 valence electrons. The maximum absolute atomic E-state index is 12.9. The monoisotopic (exact) mass is 264 g/mol. The highest BCUT2D eigenvalue weighted by molar-refractivity contribution is 5.84. The summed E-state index contributed by atoms with van der Waals surface area (Å²) in [6, 6.07) is 6.34. The molecule has 2 aromatic rings. The van der Waals surface area contributed by atoms with Crippen molar-refractivity contribution in [3.8, 4) is 0 Å². The van der Waals surface area contributed by atoms with Crippen molar-refractivity contribution in [1.82, 2.24) is 20.3 Å². The minimum atomic E-state index is -1.10. The molecule has 7 heteroatoms. The zero-order valence-electron chi connectivity index (χ0n) is 10.1. The molecule has 0 aliphatic rings. The minimum absolute atomic E-state index is 0.0786. The van der Waals surface area contributed by atoms with Crippen molar-refractivity contribution in [2.24, 2.45) is 0 Å². The van der Waals surface area contributed by atoms with Gasteiger partial charge >= 0.3 is 5.97 Å². The van der Waals surface area contributed by atoms with E-state index in [0.29, 0.717) is 19.6 Å². The summed E-state index contributed by atoms with van der Waals surface area (Å²) >= 11 is 0. The molecule has 1 aromatic carbocycles. The second-order valence-corrected chi connectivity index (χ2v) is 3.98. The highest BCUT2D eigenvalue weighted by Crippen LogP contribution is 2.02. The van der Waals surface area contributed by atoms with Crippen molar-refractivity contribution in [2.75, 3.05) is 6.54 Å². The fraction of sp³-hybridized carbons (Fsp3) is 0.250. The molecule has 0 radical (unpaired) electrons. The SMILES string of the molecule is O=C(O)c1cn(CCNCc2cccc(F)c2)nn1. The van der Waals surface area contributed by atoms with Crippen molar-refractivity contribution in [1.29, 1.82) is 0 Å². The summed E-state index contributed by atoms with van der Waals surface area (Å²) in [4.78, 5) is 10.6. The predicted molar refractivity (Wildman–Crippen MR) is 65.1 cm³/mol. The Bertz CT molecular complexity index is 570. The van der Waals surface area contributed by atoms with E-state index in [-0.39, 0.29) is 11.5 Å². The fourth-order valence-corrected chi connectivity index (χ4v) is 1.58. The number of carboxylic acids is 1. The molecule has 1 heterocycles. The van der Waals surface area contributed by atoms with Gasteiger partial charge in [-0.2, -0.15) is 0 Å². The topological polar surface area (TPSA) is 80.0 Å². The second-order valence-electron chi connectivity index (χ2n) is 3.98. The average molecular weight is 264 g/mol. The van der Waals surface area contributed by atoms with Crippen LogP contribution in [0.2, 0.25) is 0 Å². The van der Waals surface area contributed by atoms with Gasteiger partial charge in [0.1, 0.15) is 5.82 Å². The van der Waals surface area contributed by atoms with Crippen molar-refractivity contribution in [3.05, 3.63) is 47.5 Å². The van der Waals surface area contributed by atoms with E-state index < -0.39 is 5.97 Å². The summed E-state index contributed by atoms with van der Waals surface area (Å²) in [5.74, 6) is -1.36. The normalized spacial score (nSPS) is 10.6. The van der Waals surface area contributed by atoms with E-state index in [1.165, 1.54) is 23.0 Å². The Morgan fingerprint density at radius 2 is 2.32 bits per heavy atom. The Kier molecular flexibility index (Phi) is 4.19. The summed E-state index contributed by atoms with van der Waals surface area (Å²) < 4.78 is 14.4. The number of aromatic nitrogens is 3. The third-order valence-corrected chi connectivity index (χ3v) is 2.49. The molecule has 0 aliphatic heterocycles. The molecule has 0 saturated carbocycles. The third-order valence-electron chi connectivity index (χ3n) is 2.49. The fourth-order valence-electron chi connectivity index (χ4n) is 1.58. The molecule has 0 amide bonds. The standard InChI is InChI=1S/C12H13FN4O2/c13-10-3-1-2-9(6-10)7-14-4-5-17-8-11(12(18)19)15-16-17/h1-3,6,8,14H,4-5,7H2,(H,18,19). The van der Waals surface area contributed by atoms with Crippen LogP contribution in [0.1, 0.15) is 16.1 Å². The minimum Gasteiger partial charge on any atom is -0.476 e. The smallest absolute Gasteiger partial charge is 0.358 e. The number of nitrogens with one attached hydrogen (secondary N) is 1. The Balaban J connectivity index is 1.76. The molecule has 0 fully saturated rings. The van der Waals surface area contributed by atoms with Crippen LogP contribution in [0.15, 0.2) is 30.5 Å². The number of hydrogen-bond acceptors (Lipinski definition) is 4. The van der Waals surface area contributed by atoms with Crippen LogP contribution in [0.4, 0.5) is 4.39 Å². The van der Waals surface area contributed by atoms with Crippen molar-refractivity contribution >= 4 is 5.97 Å². The lowest BCUT2D eigenvalue weighted by molar-refractivity contribution is 0.0690. The highest BCUT2D eigenvalue weighted by atomic mass is 19.1. The largest absolute Gasteiger partial charge is 0.476 e. The van der Waals surface area contributed by atoms with Gasteiger partial charge in [0.05, 0.1) is 12.7 Å². The molecule has 2 N–H and O–H groups in total. The van der Waals surface area contributed by atoms with Crippen LogP contribution in [0.25, 0.3) is 0 Å². The summed E-state index contributed by atoms with van der Waals surface area (Å²) in [6.07, 6.45) is 1.37. The first-order chi connectivity index (χ1) is 9.15. The van der Waals surface area contributed by atoms with Gasteiger partial charge in [-0.15, -0.1) is 5.10 Å². The molecule has 0 aliphatic carbocycles. The van der Waals surface area contributed by atoms with Crippen LogP contribution < -0.4 is 5.32 Å². The van der Waals surface area contributed by atoms with E-state index >= 15 is 0 Å². The molecule has 2 rings (SSSR count). The van der Waals surface area contributed by atoms with Crippen LogP contribution in [0.3, 0.4) is 0 Å². The molecule has 0 saturated heterocycles. The van der Waals surface area contributed by atoms with Crippen LogP contribution in [-0.4, -0.2) is 32.6 Å². The Morgan fingerprint density at radius 1 is 1.47 bits per heavy atom. The molecule has 0 spiro atoms. The summed E-state index contributed by atoms with van der Waals surface area (Å²) in [5.41, 5.74) is 0.773. The summed E-state index contributed by atoms with van der Waals surface area (Å²) in [7, 11) is 0. The zero-order valence-corrected chi connectivity index (χ0v) is 10.1. The van der Waals surface area contributed by atoms with Gasteiger partial charge in [0.15, 0.2) is 5.69 Å². The molecule has 0 bridgehead atoms. The number of rotatable bonds is 6. The Morgan fingerprint density at radius 3 is 3.00 bits per heavy atom. The van der Waals surface area contributed by atoms with Crippen LogP contribution in [-0.2, 0) is 13.1 Å². The quantitative estimate of drug-likeness (QED) is 0.758. The maximum Gasteiger partial charge on any atom is 0.358 e. The lowest BCUT2D eigenvalue weighted by Crippen LogP contribution is -2.19. The molecule has 0 atom stereocenters. The van der Waals surface area contributed by atoms with Gasteiger partial charge in [-0.05, 0) is 17.7 Å². The van der Waals surface area contributed by atoms with E-state index in [4.69, 9.17) is 5.11 Å². The van der Waals surface area contributed by atoms with Crippen LogP contribution in [0.5, 0.6) is 0 Å². The number of hydrogen-bond donors (Lipinski definition) is 2. The Hall–Kier alpha value is -2.28. The van der Waals surface area contributed by atoms with Crippen molar-refractivity contribution in [2.45, 2.75) is 13.1 Å². The van der Waals surface area contributed by atoms with Crippen LogP contribution in [0, 0.1) is 5.82 Å². The molecule has 6 nitrogen and oxygen atoms in total. The number of halogens is 1. The lowest BCUT2D eigenvalue weighted by Gasteiger charge is -2.04. The average Bonchev–Trinajstić information content (AvgIpc) is 2.84. The molecule has 1 aromatic heterocycles. The third kappa shape index (κ3) is 3.85. The van der Waals surface area contributed by atoms with Gasteiger partial charge in [-0.3, -0.25) is 4.68 Å². The van der Waals surface area contributed by atoms with Gasteiger partial charge in [-0.25, -0.2) is 9.18 Å². The van der Waals surface area contributed by atoms with Crippen molar-refractivity contribution < 1.29 is 14.3 Å². The molecular formula is C12H13FN4O2. The van der Waals surface area contributed by atoms with Crippen molar-refractivity contribution in [3.63, 3.8) is 0 Å². The van der Waals surface area contributed by atoms with Gasteiger partial charge in [0.25, 0.3) is 0 Å². The number of benzene rings is 1. The number of carboxylic acid groups (broad SMARTS) is 1. The lowest BCUT2D eigenvalue weighted by atomic mass is 10.2. The Labute approximate surface area is 108 Å². The second kappa shape index (κ2) is 6.05. The molecule has 19 heavy (non-hydrogen) atoms. The summed E-state index contributed by atoms with van der Waals surface area (Å²) in [6.45, 7) is 1.62. The first-order valence-electron chi connectivity index (χ1n) is 5.74. The van der Waals surface area contributed by atoms with E-state index in [0.717, 1.165) is 5.56 Å². The van der Waals surface area contributed by atoms with Gasteiger partial charge < -0.3 is 10.4 Å². The number of aromatic carboxylic acids is 1. The van der Waals surface area contributed by atoms with E-state index in [1.807, 2.05) is 6.07 Å². The molecule has 0 unspecified atom stereocenters. The van der Waals surface area contributed by atoms with E-state index in [9.17, 15) is 9.18 Å². The van der Waals surface area contributed by atoms with E-state index in [2.05, 4.69) is 15.6 Å². The van der Waals surface area contributed by atoms with E-state index in [1.54, 1.807) is 6.07 Å². The predicted octanol–water partition coefficient (Wildman–Crippen LogP) is 0.905. The number of nitrogens with zero attached hydrogens (tertiary/aromatic N) is 3. The van der Waals surface area contributed by atoms with Crippen LogP contribution >= 0.6 is 0 Å². The summed E-state index contributed by atoms with van der Waals surface area (Å²) in [5, 5.41) is 19.0. The maximum atomic E-state index is 12.9. The van der Waals surface area contributed by atoms with Gasteiger partial charge in [0.2, 0.25) is 0 Å². The van der Waals surface area contributed by atoms with Gasteiger partial charge in [0, 0.05) is 13.1 Å². The number of carbonyl (C=O) groups is 1. The first kappa shape index (κ1) is 13.2. The van der Waals surface area contributed by atoms with Gasteiger partial charge in [-0.1, -0.05) is 17.3 Å². The first-order valence-corrected chi connectivity index (χ1v) is 5.74.